The zero-order valence-electron chi connectivity index (χ0n) is 21.2. The molecule has 2 atom stereocenters. The van der Waals surface area contributed by atoms with Crippen molar-refractivity contribution in [2.24, 2.45) is 5.92 Å². The molecule has 0 saturated carbocycles. The molecule has 2 aromatic rings. The summed E-state index contributed by atoms with van der Waals surface area (Å²) in [5.74, 6) is -1.84. The van der Waals surface area contributed by atoms with E-state index in [1.807, 2.05) is 68.4 Å². The van der Waals surface area contributed by atoms with Crippen LogP contribution in [0.4, 0.5) is 4.79 Å². The monoisotopic (exact) mass is 574 g/mol. The van der Waals surface area contributed by atoms with Crippen molar-refractivity contribution < 1.29 is 19.2 Å². The largest absolute Gasteiger partial charge is 0.345 e. The Bertz CT molecular complexity index is 1070. The number of nitrogens with one attached hydrogen (secondary N) is 4. The van der Waals surface area contributed by atoms with Gasteiger partial charge in [-0.05, 0) is 36.0 Å². The summed E-state index contributed by atoms with van der Waals surface area (Å²) in [5, 5.41) is 9.81. The molecule has 10 heteroatoms. The number of carbonyl (C=O) groups is 4. The summed E-state index contributed by atoms with van der Waals surface area (Å²) in [6.45, 7) is 6.14. The highest BCUT2D eigenvalue weighted by Gasteiger charge is 2.38. The Kier molecular flexibility index (Phi) is 11.3. The zero-order valence-corrected chi connectivity index (χ0v) is 24.8. The van der Waals surface area contributed by atoms with Crippen LogP contribution in [0.1, 0.15) is 44.7 Å². The number of halogens is 1. The molecule has 4 N–H and O–H groups in total. The lowest BCUT2D eigenvalue weighted by Gasteiger charge is -2.33. The van der Waals surface area contributed by atoms with Crippen LogP contribution in [0.2, 0.25) is 0 Å². The van der Waals surface area contributed by atoms with Gasteiger partial charge in [-0.25, -0.2) is 4.79 Å². The molecule has 2 rings (SSSR count). The molecule has 0 aliphatic rings. The van der Waals surface area contributed by atoms with Crippen LogP contribution in [0.3, 0.4) is 0 Å². The van der Waals surface area contributed by atoms with Crippen LogP contribution in [-0.4, -0.2) is 45.1 Å². The fraction of sp³-hybridized carbons (Fsp3) is 0.385. The molecule has 0 aromatic heterocycles. The minimum atomic E-state index is -1.14. The van der Waals surface area contributed by atoms with Gasteiger partial charge in [-0.1, -0.05) is 85.2 Å². The number of rotatable bonds is 12. The Morgan fingerprint density at radius 3 is 2.19 bits per heavy atom. The molecule has 0 heterocycles. The molecule has 0 radical (unpaired) electrons. The fourth-order valence-corrected chi connectivity index (χ4v) is 5.44. The molecule has 2 aromatic carbocycles. The Morgan fingerprint density at radius 2 is 1.58 bits per heavy atom. The van der Waals surface area contributed by atoms with E-state index in [2.05, 4.69) is 37.2 Å². The highest BCUT2D eigenvalue weighted by molar-refractivity contribution is 9.10. The zero-order chi connectivity index (χ0) is 26.7. The van der Waals surface area contributed by atoms with Gasteiger partial charge in [0, 0.05) is 27.8 Å². The van der Waals surface area contributed by atoms with Crippen LogP contribution in [0.15, 0.2) is 59.1 Å². The molecular weight excluding hydrogens is 540 g/mol. The summed E-state index contributed by atoms with van der Waals surface area (Å²) < 4.78 is 0.823. The van der Waals surface area contributed by atoms with Crippen molar-refractivity contribution in [3.05, 3.63) is 70.2 Å². The Balaban J connectivity index is 2.02. The van der Waals surface area contributed by atoms with E-state index in [1.165, 1.54) is 0 Å². The van der Waals surface area contributed by atoms with E-state index in [9.17, 15) is 19.2 Å². The van der Waals surface area contributed by atoms with Crippen LogP contribution in [0, 0.1) is 5.92 Å². The van der Waals surface area contributed by atoms with Crippen molar-refractivity contribution in [1.82, 2.24) is 21.3 Å². The summed E-state index contributed by atoms with van der Waals surface area (Å²) in [6, 6.07) is 15.4. The SMILES string of the molecule is CCC(NC(=O)[C@@]([SiH3])(CC(C)C)NC(=O)NCc1ccccc1)C(=O)C(=O)NCc1ccccc1Br. The van der Waals surface area contributed by atoms with Gasteiger partial charge in [-0.2, -0.15) is 0 Å². The first-order chi connectivity index (χ1) is 17.1. The number of ketones is 1. The molecule has 0 fully saturated rings. The quantitative estimate of drug-likeness (QED) is 0.229. The summed E-state index contributed by atoms with van der Waals surface area (Å²) in [4.78, 5) is 51.3. The number of hydrogen-bond acceptors (Lipinski definition) is 4. The number of hydrogen-bond donors (Lipinski definition) is 4. The first-order valence-electron chi connectivity index (χ1n) is 12.0. The van der Waals surface area contributed by atoms with Gasteiger partial charge in [0.1, 0.15) is 0 Å². The second-order valence-electron chi connectivity index (χ2n) is 9.30. The molecule has 194 valence electrons. The average molecular weight is 576 g/mol. The van der Waals surface area contributed by atoms with Gasteiger partial charge < -0.3 is 21.3 Å². The molecular formula is C26H35BrN4O4Si. The molecule has 0 bridgehead atoms. The number of carbonyl (C=O) groups excluding carboxylic acids is 4. The van der Waals surface area contributed by atoms with Gasteiger partial charge in [-0.3, -0.25) is 14.4 Å². The van der Waals surface area contributed by atoms with E-state index < -0.39 is 34.8 Å². The van der Waals surface area contributed by atoms with Gasteiger partial charge in [-0.15, -0.1) is 0 Å². The molecule has 4 amide bonds. The second kappa shape index (κ2) is 13.9. The molecule has 0 spiro atoms. The fourth-order valence-electron chi connectivity index (χ4n) is 3.82. The summed E-state index contributed by atoms with van der Waals surface area (Å²) in [5.41, 5.74) is 1.77. The van der Waals surface area contributed by atoms with E-state index in [4.69, 9.17) is 0 Å². The van der Waals surface area contributed by atoms with Gasteiger partial charge in [0.2, 0.25) is 11.7 Å². The number of amides is 4. The van der Waals surface area contributed by atoms with Gasteiger partial charge in [0.15, 0.2) is 0 Å². The second-order valence-corrected chi connectivity index (χ2v) is 11.9. The number of Topliss-reactive ketones (excluding diaryl/α,β-unsaturated/α-hetero) is 1. The smallest absolute Gasteiger partial charge is 0.315 e. The predicted octanol–water partition coefficient (Wildman–Crippen LogP) is 2.14. The van der Waals surface area contributed by atoms with Crippen molar-refractivity contribution in [3.63, 3.8) is 0 Å². The lowest BCUT2D eigenvalue weighted by atomic mass is 10.0. The van der Waals surface area contributed by atoms with Crippen LogP contribution < -0.4 is 21.3 Å². The molecule has 8 nitrogen and oxygen atoms in total. The Morgan fingerprint density at radius 1 is 0.944 bits per heavy atom. The third kappa shape index (κ3) is 8.91. The number of urea groups is 1. The van der Waals surface area contributed by atoms with Crippen molar-refractivity contribution in [2.45, 2.75) is 57.9 Å². The summed E-state index contributed by atoms with van der Waals surface area (Å²) in [6.07, 6.45) is 0.648. The normalized spacial score (nSPS) is 13.4. The Labute approximate surface area is 223 Å². The van der Waals surface area contributed by atoms with E-state index in [-0.39, 0.29) is 18.9 Å². The molecule has 1 unspecified atom stereocenters. The molecule has 0 saturated heterocycles. The van der Waals surface area contributed by atoms with Gasteiger partial charge in [0.25, 0.3) is 5.91 Å². The summed E-state index contributed by atoms with van der Waals surface area (Å²) >= 11 is 3.41. The first kappa shape index (κ1) is 29.2. The predicted molar refractivity (Wildman–Crippen MR) is 147 cm³/mol. The lowest BCUT2D eigenvalue weighted by molar-refractivity contribution is -0.140. The van der Waals surface area contributed by atoms with E-state index in [0.717, 1.165) is 15.6 Å². The van der Waals surface area contributed by atoms with E-state index in [0.29, 0.717) is 23.2 Å². The van der Waals surface area contributed by atoms with Gasteiger partial charge in [0.05, 0.1) is 11.2 Å². The Hall–Kier alpha value is -2.98. The minimum Gasteiger partial charge on any atom is -0.345 e. The van der Waals surface area contributed by atoms with E-state index >= 15 is 0 Å². The third-order valence-corrected chi connectivity index (χ3v) is 7.54. The first-order valence-corrected chi connectivity index (χ1v) is 13.8. The maximum Gasteiger partial charge on any atom is 0.315 e. The molecule has 0 aliphatic heterocycles. The average Bonchev–Trinajstić information content (AvgIpc) is 2.84. The van der Waals surface area contributed by atoms with Crippen LogP contribution in [0.25, 0.3) is 0 Å². The van der Waals surface area contributed by atoms with Crippen molar-refractivity contribution >= 4 is 49.8 Å². The van der Waals surface area contributed by atoms with E-state index in [1.54, 1.807) is 6.92 Å². The number of benzene rings is 2. The highest BCUT2D eigenvalue weighted by atomic mass is 79.9. The van der Waals surface area contributed by atoms with Crippen molar-refractivity contribution in [3.8, 4) is 0 Å². The summed E-state index contributed by atoms with van der Waals surface area (Å²) in [7, 11) is 0.308. The van der Waals surface area contributed by atoms with Crippen LogP contribution in [-0.2, 0) is 27.5 Å². The minimum absolute atomic E-state index is 0.117. The van der Waals surface area contributed by atoms with Crippen LogP contribution in [0.5, 0.6) is 0 Å². The highest BCUT2D eigenvalue weighted by Crippen LogP contribution is 2.16. The maximum absolute atomic E-state index is 13.3. The molecule has 36 heavy (non-hydrogen) atoms. The third-order valence-electron chi connectivity index (χ3n) is 5.65. The maximum atomic E-state index is 13.3. The van der Waals surface area contributed by atoms with Crippen molar-refractivity contribution in [1.29, 1.82) is 0 Å². The lowest BCUT2D eigenvalue weighted by Crippen LogP contribution is -2.64. The van der Waals surface area contributed by atoms with Gasteiger partial charge >= 0.3 is 6.03 Å². The standard InChI is InChI=1S/C26H35BrN4O4Si/c1-4-21(22(32)23(33)28-16-19-12-8-9-13-20(19)27)30-24(34)26(36,14-17(2)3)31-25(35)29-15-18-10-6-5-7-11-18/h5-13,17,21H,4,14-16H2,1-3,36H3,(H,28,33)(H,30,34)(H2,29,31,35)/t21?,26-/m0/s1. The van der Waals surface area contributed by atoms with Crippen LogP contribution >= 0.6 is 15.9 Å². The topological polar surface area (TPSA) is 116 Å². The van der Waals surface area contributed by atoms with Crippen molar-refractivity contribution in [2.75, 3.05) is 0 Å². The molecule has 0 aliphatic carbocycles.